The molecule has 1 N–H and O–H groups in total. The van der Waals surface area contributed by atoms with Crippen molar-refractivity contribution < 1.29 is 9.26 Å². The number of hydrogen-bond acceptors (Lipinski definition) is 6. The molecule has 0 atom stereocenters. The zero-order chi connectivity index (χ0) is 27.9. The molecule has 3 heterocycles. The van der Waals surface area contributed by atoms with Crippen LogP contribution in [0.4, 0.5) is 0 Å². The first-order chi connectivity index (χ1) is 19.3. The third kappa shape index (κ3) is 5.56. The third-order valence-corrected chi connectivity index (χ3v) is 7.23. The van der Waals surface area contributed by atoms with E-state index in [0.717, 1.165) is 47.3 Å². The molecule has 1 aliphatic heterocycles. The predicted molar refractivity (Wildman–Crippen MR) is 162 cm³/mol. The van der Waals surface area contributed by atoms with Crippen molar-refractivity contribution >= 4 is 17.0 Å². The molecule has 0 unspecified atom stereocenters. The molecule has 5 aromatic rings. The van der Waals surface area contributed by atoms with Crippen LogP contribution in [-0.4, -0.2) is 30.1 Å². The van der Waals surface area contributed by atoms with Gasteiger partial charge in [0.2, 0.25) is 0 Å². The van der Waals surface area contributed by atoms with Gasteiger partial charge in [-0.1, -0.05) is 67.0 Å². The summed E-state index contributed by atoms with van der Waals surface area (Å²) in [5, 5.41) is 8.80. The summed E-state index contributed by atoms with van der Waals surface area (Å²) >= 11 is 0. The largest absolute Gasteiger partial charge is 0.487 e. The van der Waals surface area contributed by atoms with Gasteiger partial charge in [0.25, 0.3) is 0 Å². The monoisotopic (exact) mass is 617 g/mol. The zero-order valence-electron chi connectivity index (χ0n) is 23.2. The fourth-order valence-corrected chi connectivity index (χ4v) is 5.39. The highest BCUT2D eigenvalue weighted by Crippen LogP contribution is 2.36. The molecule has 0 aliphatic carbocycles. The Bertz CT molecular complexity index is 1800. The Kier molecular flexibility index (Phi) is 7.86. The maximum atomic E-state index is 13.9. The summed E-state index contributed by atoms with van der Waals surface area (Å²) in [5.41, 5.74) is 4.62. The fourth-order valence-electron chi connectivity index (χ4n) is 5.39. The van der Waals surface area contributed by atoms with E-state index in [9.17, 15) is 9.59 Å². The van der Waals surface area contributed by atoms with Crippen LogP contribution in [0.3, 0.4) is 0 Å². The normalized spacial score (nSPS) is 13.4. The van der Waals surface area contributed by atoms with Gasteiger partial charge in [-0.15, -0.1) is 22.1 Å². The molecule has 9 nitrogen and oxygen atoms in total. The molecule has 0 saturated heterocycles. The van der Waals surface area contributed by atoms with Crippen molar-refractivity contribution in [1.82, 2.24) is 24.5 Å². The second-order valence-corrected chi connectivity index (χ2v) is 10.8. The molecule has 0 spiro atoms. The molecule has 0 amide bonds. The van der Waals surface area contributed by atoms with Crippen LogP contribution in [0, 0.1) is 0 Å². The van der Waals surface area contributed by atoms with Crippen molar-refractivity contribution in [2.75, 3.05) is 0 Å². The smallest absolute Gasteiger partial charge is 0.439 e. The van der Waals surface area contributed by atoms with Crippen LogP contribution in [-0.2, 0) is 19.4 Å². The quantitative estimate of drug-likeness (QED) is 0.238. The van der Waals surface area contributed by atoms with Crippen molar-refractivity contribution in [2.24, 2.45) is 0 Å². The standard InChI is InChI=1S/C31H31N5O4.BrH/c1-4-5-14-26-33-36(23-15-16-25-22(17-23)18-31(2,3)39-25)30(38)35(26)19-21-12-9-13-24(20-10-7-6-8-11-20)27(21)28-32-29(37)40-34-28;/h6-13,15-17H,4-5,14,18-19H2,1-3H3,(H,32,34,37);1H. The number of ether oxygens (including phenoxy) is 1. The van der Waals surface area contributed by atoms with Gasteiger partial charge in [0.15, 0.2) is 5.82 Å². The molecule has 0 bridgehead atoms. The molecule has 1 aliphatic rings. The SMILES string of the molecule is Br.CCCCc1nn(-c2ccc3c(c2)CC(C)(C)O3)c(=O)n1Cc1cccc(-c2ccccc2)c1-c1noc(=O)[nH]1. The van der Waals surface area contributed by atoms with E-state index < -0.39 is 5.76 Å². The molecule has 2 aromatic heterocycles. The van der Waals surface area contributed by atoms with Gasteiger partial charge in [-0.05, 0) is 55.2 Å². The Morgan fingerprint density at radius 2 is 1.83 bits per heavy atom. The number of aromatic nitrogens is 5. The zero-order valence-corrected chi connectivity index (χ0v) is 24.9. The lowest BCUT2D eigenvalue weighted by molar-refractivity contribution is 0.138. The number of benzene rings is 3. The first-order valence-electron chi connectivity index (χ1n) is 13.6. The van der Waals surface area contributed by atoms with Crippen molar-refractivity contribution in [3.63, 3.8) is 0 Å². The van der Waals surface area contributed by atoms with Crippen LogP contribution in [0.5, 0.6) is 5.75 Å². The lowest BCUT2D eigenvalue weighted by Gasteiger charge is -2.16. The molecule has 41 heavy (non-hydrogen) atoms. The van der Waals surface area contributed by atoms with Gasteiger partial charge < -0.3 is 4.74 Å². The number of aromatic amines is 1. The number of halogens is 1. The van der Waals surface area contributed by atoms with Crippen molar-refractivity contribution in [1.29, 1.82) is 0 Å². The van der Waals surface area contributed by atoms with Gasteiger partial charge in [-0.2, -0.15) is 4.68 Å². The number of fused-ring (bicyclic) bond motifs is 1. The van der Waals surface area contributed by atoms with Crippen LogP contribution in [0.25, 0.3) is 28.2 Å². The summed E-state index contributed by atoms with van der Waals surface area (Å²) in [6.07, 6.45) is 3.30. The van der Waals surface area contributed by atoms with Crippen molar-refractivity contribution in [2.45, 2.75) is 58.6 Å². The summed E-state index contributed by atoms with van der Waals surface area (Å²) in [7, 11) is 0. The number of unbranched alkanes of at least 4 members (excludes halogenated alkanes) is 1. The predicted octanol–water partition coefficient (Wildman–Crippen LogP) is 5.73. The second kappa shape index (κ2) is 11.4. The summed E-state index contributed by atoms with van der Waals surface area (Å²) in [4.78, 5) is 28.6. The molecule has 0 saturated carbocycles. The van der Waals surface area contributed by atoms with Gasteiger partial charge in [0.05, 0.1) is 12.2 Å². The average molecular weight is 619 g/mol. The number of nitrogens with zero attached hydrogens (tertiary/aromatic N) is 4. The highest BCUT2D eigenvalue weighted by atomic mass is 79.9. The van der Waals surface area contributed by atoms with Crippen LogP contribution in [0.15, 0.2) is 80.8 Å². The van der Waals surface area contributed by atoms with Crippen LogP contribution in [0.1, 0.15) is 50.6 Å². The molecule has 212 valence electrons. The van der Waals surface area contributed by atoms with Gasteiger partial charge in [-0.25, -0.2) is 9.59 Å². The van der Waals surface area contributed by atoms with Gasteiger partial charge in [-0.3, -0.25) is 14.1 Å². The van der Waals surface area contributed by atoms with Crippen molar-refractivity contribution in [3.05, 3.63) is 105 Å². The summed E-state index contributed by atoms with van der Waals surface area (Å²) in [6.45, 7) is 6.48. The van der Waals surface area contributed by atoms with E-state index in [4.69, 9.17) is 14.4 Å². The maximum Gasteiger partial charge on any atom is 0.439 e. The average Bonchev–Trinajstić information content (AvgIpc) is 3.61. The molecular weight excluding hydrogens is 586 g/mol. The fraction of sp³-hybridized carbons (Fsp3) is 0.290. The van der Waals surface area contributed by atoms with Gasteiger partial charge in [0.1, 0.15) is 17.2 Å². The number of aryl methyl sites for hydroxylation is 1. The van der Waals surface area contributed by atoms with Crippen LogP contribution >= 0.6 is 17.0 Å². The minimum Gasteiger partial charge on any atom is -0.487 e. The Labute approximate surface area is 247 Å². The van der Waals surface area contributed by atoms with E-state index in [1.807, 2.05) is 66.7 Å². The Morgan fingerprint density at radius 1 is 1.02 bits per heavy atom. The van der Waals surface area contributed by atoms with E-state index in [-0.39, 0.29) is 34.8 Å². The number of rotatable bonds is 8. The molecule has 10 heteroatoms. The van der Waals surface area contributed by atoms with Crippen molar-refractivity contribution in [3.8, 4) is 34.0 Å². The van der Waals surface area contributed by atoms with Crippen LogP contribution in [0.2, 0.25) is 0 Å². The number of hydrogen-bond donors (Lipinski definition) is 1. The highest BCUT2D eigenvalue weighted by molar-refractivity contribution is 8.93. The number of H-pyrrole nitrogens is 1. The summed E-state index contributed by atoms with van der Waals surface area (Å²) in [6, 6.07) is 21.5. The van der Waals surface area contributed by atoms with E-state index in [1.165, 1.54) is 4.68 Å². The van der Waals surface area contributed by atoms with E-state index in [1.54, 1.807) is 4.57 Å². The maximum absolute atomic E-state index is 13.9. The molecule has 0 fully saturated rings. The minimum absolute atomic E-state index is 0. The number of nitrogens with one attached hydrogen (secondary N) is 1. The summed E-state index contributed by atoms with van der Waals surface area (Å²) in [5.74, 6) is 1.22. The topological polar surface area (TPSA) is 108 Å². The lowest BCUT2D eigenvalue weighted by Crippen LogP contribution is -2.25. The second-order valence-electron chi connectivity index (χ2n) is 10.8. The molecule has 0 radical (unpaired) electrons. The lowest BCUT2D eigenvalue weighted by atomic mass is 9.94. The highest BCUT2D eigenvalue weighted by Gasteiger charge is 2.30. The molecular formula is C31H32BrN5O4. The van der Waals surface area contributed by atoms with E-state index >= 15 is 0 Å². The van der Waals surface area contributed by atoms with Crippen LogP contribution < -0.4 is 16.2 Å². The summed E-state index contributed by atoms with van der Waals surface area (Å²) < 4.78 is 14.1. The van der Waals surface area contributed by atoms with E-state index in [2.05, 4.69) is 30.9 Å². The molecule has 6 rings (SSSR count). The Hall–Kier alpha value is -4.18. The Balaban J connectivity index is 0.00000337. The first-order valence-corrected chi connectivity index (χ1v) is 13.6. The van der Waals surface area contributed by atoms with Gasteiger partial charge >= 0.3 is 11.4 Å². The third-order valence-electron chi connectivity index (χ3n) is 7.23. The van der Waals surface area contributed by atoms with E-state index in [0.29, 0.717) is 29.3 Å². The first kappa shape index (κ1) is 28.4. The van der Waals surface area contributed by atoms with Gasteiger partial charge in [0, 0.05) is 24.0 Å². The minimum atomic E-state index is -0.638. The molecule has 3 aromatic carbocycles. The Morgan fingerprint density at radius 3 is 2.56 bits per heavy atom.